The molecule has 3 aromatic rings. The molecule has 2 amide bonds. The number of anilines is 1. The highest BCUT2D eigenvalue weighted by Gasteiger charge is 2.35. The number of nitrogens with one attached hydrogen (secondary N) is 1. The molecule has 1 N–H and O–H groups in total. The maximum absolute atomic E-state index is 14.4. The number of fused-ring (bicyclic) bond motifs is 1. The van der Waals surface area contributed by atoms with E-state index in [1.54, 1.807) is 30.3 Å². The van der Waals surface area contributed by atoms with Gasteiger partial charge in [-0.25, -0.2) is 8.42 Å². The summed E-state index contributed by atoms with van der Waals surface area (Å²) in [6.45, 7) is 7.02. The maximum atomic E-state index is 14.4. The number of carbonyl (C=O) groups excluding carboxylic acids is 2. The van der Waals surface area contributed by atoms with Crippen molar-refractivity contribution in [3.05, 3.63) is 87.9 Å². The first-order valence-electron chi connectivity index (χ1n) is 14.3. The fourth-order valence-corrected chi connectivity index (χ4v) is 6.34. The van der Waals surface area contributed by atoms with Gasteiger partial charge in [0.15, 0.2) is 11.5 Å². The van der Waals surface area contributed by atoms with Crippen LogP contribution in [0, 0.1) is 0 Å². The molecule has 9 nitrogen and oxygen atoms in total. The monoisotopic (exact) mass is 661 g/mol. The van der Waals surface area contributed by atoms with Gasteiger partial charge in [-0.1, -0.05) is 59.6 Å². The number of hydrogen-bond donors (Lipinski definition) is 1. The molecule has 0 fully saturated rings. The van der Waals surface area contributed by atoms with Crippen LogP contribution in [0.3, 0.4) is 0 Å². The van der Waals surface area contributed by atoms with E-state index in [4.69, 9.17) is 32.7 Å². The summed E-state index contributed by atoms with van der Waals surface area (Å²) >= 11 is 13.1. The van der Waals surface area contributed by atoms with E-state index in [0.29, 0.717) is 40.3 Å². The van der Waals surface area contributed by atoms with Gasteiger partial charge in [-0.3, -0.25) is 13.9 Å². The molecule has 0 saturated carbocycles. The molecule has 0 aromatic heterocycles. The Hall–Kier alpha value is -3.47. The summed E-state index contributed by atoms with van der Waals surface area (Å²) < 4.78 is 39.2. The van der Waals surface area contributed by atoms with E-state index in [1.807, 2.05) is 51.1 Å². The number of benzene rings is 3. The van der Waals surface area contributed by atoms with Gasteiger partial charge in [-0.05, 0) is 57.5 Å². The summed E-state index contributed by atoms with van der Waals surface area (Å²) in [6, 6.07) is 18.0. The van der Waals surface area contributed by atoms with Gasteiger partial charge >= 0.3 is 0 Å². The predicted molar refractivity (Wildman–Crippen MR) is 173 cm³/mol. The molecule has 236 valence electrons. The fourth-order valence-electron chi connectivity index (χ4n) is 4.77. The van der Waals surface area contributed by atoms with Crippen LogP contribution in [0.15, 0.2) is 66.7 Å². The third-order valence-corrected chi connectivity index (χ3v) is 9.40. The quantitative estimate of drug-likeness (QED) is 0.292. The van der Waals surface area contributed by atoms with Crippen LogP contribution in [0.5, 0.6) is 11.5 Å². The van der Waals surface area contributed by atoms with Gasteiger partial charge in [-0.2, -0.15) is 0 Å². The van der Waals surface area contributed by atoms with Gasteiger partial charge in [0.2, 0.25) is 21.8 Å². The van der Waals surface area contributed by atoms with Gasteiger partial charge < -0.3 is 19.7 Å². The first-order chi connectivity index (χ1) is 20.8. The van der Waals surface area contributed by atoms with Crippen LogP contribution in [-0.4, -0.2) is 62.2 Å². The van der Waals surface area contributed by atoms with E-state index >= 15 is 0 Å². The van der Waals surface area contributed by atoms with Crippen molar-refractivity contribution in [2.24, 2.45) is 0 Å². The topological polar surface area (TPSA) is 105 Å². The average Bonchev–Trinajstić information content (AvgIpc) is 2.98. The van der Waals surface area contributed by atoms with Crippen molar-refractivity contribution in [2.75, 3.05) is 29.8 Å². The van der Waals surface area contributed by atoms with E-state index in [2.05, 4.69) is 5.32 Å². The van der Waals surface area contributed by atoms with Crippen LogP contribution in [0.2, 0.25) is 10.0 Å². The van der Waals surface area contributed by atoms with E-state index in [1.165, 1.54) is 17.9 Å². The van der Waals surface area contributed by atoms with E-state index < -0.39 is 40.0 Å². The first-order valence-corrected chi connectivity index (χ1v) is 16.6. The molecule has 0 bridgehead atoms. The molecule has 0 spiro atoms. The van der Waals surface area contributed by atoms with Crippen molar-refractivity contribution in [1.82, 2.24) is 10.2 Å². The van der Waals surface area contributed by atoms with Gasteiger partial charge in [0.05, 0.1) is 11.4 Å². The van der Waals surface area contributed by atoms with Crippen molar-refractivity contribution >= 4 is 50.7 Å². The molecular formula is C32H37Cl2N3O6S. The number of halogens is 2. The Kier molecular flexibility index (Phi) is 10.7. The lowest BCUT2D eigenvalue weighted by atomic mass is 10.0. The van der Waals surface area contributed by atoms with Gasteiger partial charge in [-0.15, -0.1) is 0 Å². The third-order valence-electron chi connectivity index (χ3n) is 6.95. The van der Waals surface area contributed by atoms with E-state index in [9.17, 15) is 18.0 Å². The standard InChI is InChI=1S/C32H37Cl2N3O6S/c1-5-44(40,41)37(23-14-15-28-29(19-23)43-17-16-42-28)21-30(38)36(20-24-25(33)12-9-13-26(24)34)27(31(39)35-32(2,3)4)18-22-10-7-6-8-11-22/h6-15,19,27H,5,16-18,20-21H2,1-4H3,(H,35,39)/t27-/m0/s1. The molecule has 44 heavy (non-hydrogen) atoms. The Bertz CT molecular complexity index is 1570. The molecule has 0 aliphatic carbocycles. The summed E-state index contributed by atoms with van der Waals surface area (Å²) in [5.74, 6) is -0.413. The summed E-state index contributed by atoms with van der Waals surface area (Å²) in [6.07, 6.45) is 0.168. The van der Waals surface area contributed by atoms with Crippen LogP contribution in [0.4, 0.5) is 5.69 Å². The van der Waals surface area contributed by atoms with Crippen LogP contribution in [0.1, 0.15) is 38.8 Å². The van der Waals surface area contributed by atoms with Crippen molar-refractivity contribution in [3.63, 3.8) is 0 Å². The number of ether oxygens (including phenoxy) is 2. The number of nitrogens with zero attached hydrogens (tertiary/aromatic N) is 2. The maximum Gasteiger partial charge on any atom is 0.244 e. The third kappa shape index (κ3) is 8.37. The van der Waals surface area contributed by atoms with Gasteiger partial charge in [0, 0.05) is 40.2 Å². The number of carbonyl (C=O) groups is 2. The summed E-state index contributed by atoms with van der Waals surface area (Å²) in [7, 11) is -3.95. The fraction of sp³-hybridized carbons (Fsp3) is 0.375. The van der Waals surface area contributed by atoms with Crippen molar-refractivity contribution in [1.29, 1.82) is 0 Å². The van der Waals surface area contributed by atoms with Crippen LogP contribution in [-0.2, 0) is 32.6 Å². The Labute approximate surface area is 269 Å². The van der Waals surface area contributed by atoms with Crippen LogP contribution in [0.25, 0.3) is 0 Å². The van der Waals surface area contributed by atoms with Crippen molar-refractivity contribution in [3.8, 4) is 11.5 Å². The molecule has 1 atom stereocenters. The summed E-state index contributed by atoms with van der Waals surface area (Å²) in [4.78, 5) is 29.7. The molecular weight excluding hydrogens is 625 g/mol. The Balaban J connectivity index is 1.80. The zero-order valence-electron chi connectivity index (χ0n) is 25.2. The normalized spacial score (nSPS) is 13.6. The molecule has 4 rings (SSSR count). The lowest BCUT2D eigenvalue weighted by Gasteiger charge is -2.35. The molecule has 12 heteroatoms. The SMILES string of the molecule is CCS(=O)(=O)N(CC(=O)N(Cc1c(Cl)cccc1Cl)[C@@H](Cc1ccccc1)C(=O)NC(C)(C)C)c1ccc2c(c1)OCCO2. The molecule has 3 aromatic carbocycles. The second kappa shape index (κ2) is 14.1. The zero-order chi connectivity index (χ0) is 32.1. The summed E-state index contributed by atoms with van der Waals surface area (Å²) in [5.41, 5.74) is 0.884. The molecule has 0 radical (unpaired) electrons. The molecule has 0 unspecified atom stereocenters. The predicted octanol–water partition coefficient (Wildman–Crippen LogP) is 5.48. The Morgan fingerprint density at radius 3 is 2.18 bits per heavy atom. The van der Waals surface area contributed by atoms with E-state index in [0.717, 1.165) is 9.87 Å². The lowest BCUT2D eigenvalue weighted by molar-refractivity contribution is -0.140. The summed E-state index contributed by atoms with van der Waals surface area (Å²) in [5, 5.41) is 3.62. The van der Waals surface area contributed by atoms with Crippen molar-refractivity contribution < 1.29 is 27.5 Å². The Morgan fingerprint density at radius 1 is 0.932 bits per heavy atom. The molecule has 1 heterocycles. The lowest BCUT2D eigenvalue weighted by Crippen LogP contribution is -2.56. The number of sulfonamides is 1. The highest BCUT2D eigenvalue weighted by molar-refractivity contribution is 7.92. The largest absolute Gasteiger partial charge is 0.486 e. The smallest absolute Gasteiger partial charge is 0.244 e. The molecule has 1 aliphatic heterocycles. The minimum absolute atomic E-state index is 0.131. The van der Waals surface area contributed by atoms with Crippen LogP contribution >= 0.6 is 23.2 Å². The molecule has 0 saturated heterocycles. The Morgan fingerprint density at radius 2 is 1.57 bits per heavy atom. The number of amides is 2. The first kappa shape index (κ1) is 33.4. The minimum Gasteiger partial charge on any atom is -0.486 e. The van der Waals surface area contributed by atoms with Gasteiger partial charge in [0.25, 0.3) is 0 Å². The average molecular weight is 663 g/mol. The highest BCUT2D eigenvalue weighted by atomic mass is 35.5. The number of rotatable bonds is 11. The van der Waals surface area contributed by atoms with Gasteiger partial charge in [0.1, 0.15) is 25.8 Å². The second-order valence-electron chi connectivity index (χ2n) is 11.4. The molecule has 1 aliphatic rings. The minimum atomic E-state index is -3.95. The van der Waals surface area contributed by atoms with Crippen molar-refractivity contribution in [2.45, 2.75) is 52.2 Å². The zero-order valence-corrected chi connectivity index (χ0v) is 27.5. The highest BCUT2D eigenvalue weighted by Crippen LogP contribution is 2.35. The van der Waals surface area contributed by atoms with Crippen LogP contribution < -0.4 is 19.1 Å². The van der Waals surface area contributed by atoms with E-state index in [-0.39, 0.29) is 24.4 Å². The second-order valence-corrected chi connectivity index (χ2v) is 14.4. The number of hydrogen-bond acceptors (Lipinski definition) is 6.